The van der Waals surface area contributed by atoms with Crippen LogP contribution in [-0.4, -0.2) is 85.2 Å². The van der Waals surface area contributed by atoms with E-state index in [1.807, 2.05) is 4.90 Å². The number of amides is 3. The van der Waals surface area contributed by atoms with E-state index >= 15 is 0 Å². The van der Waals surface area contributed by atoms with Crippen molar-refractivity contribution in [3.63, 3.8) is 0 Å². The molecule has 2 heterocycles. The summed E-state index contributed by atoms with van der Waals surface area (Å²) >= 11 is 0. The standard InChI is InChI=1S/C20H30N4O3/c1-16-4-3-5-18(12-16)14-22-6-8-23(9-7-22)20(26)21-13-19-15-24(17(2)25)10-11-27-19/h3-5,12,19H,6-11,13-15H2,1-2H3,(H,21,26)/t19-/m0/s1. The Morgan fingerprint density at radius 3 is 2.63 bits per heavy atom. The number of aryl methyl sites for hydroxylation is 1. The SMILES string of the molecule is CC(=O)N1CCO[C@@H](CNC(=O)N2CCN(Cc3cccc(C)c3)CC2)C1. The predicted molar refractivity (Wildman–Crippen MR) is 103 cm³/mol. The Bertz CT molecular complexity index is 658. The third-order valence-corrected chi connectivity index (χ3v) is 5.21. The van der Waals surface area contributed by atoms with Crippen LogP contribution in [0.25, 0.3) is 0 Å². The molecular weight excluding hydrogens is 344 g/mol. The van der Waals surface area contributed by atoms with Gasteiger partial charge in [-0.25, -0.2) is 4.79 Å². The molecule has 27 heavy (non-hydrogen) atoms. The lowest BCUT2D eigenvalue weighted by Gasteiger charge is -2.36. The molecule has 0 aliphatic carbocycles. The van der Waals surface area contributed by atoms with Gasteiger partial charge >= 0.3 is 6.03 Å². The highest BCUT2D eigenvalue weighted by Gasteiger charge is 2.25. The van der Waals surface area contributed by atoms with Crippen molar-refractivity contribution < 1.29 is 14.3 Å². The van der Waals surface area contributed by atoms with Gasteiger partial charge in [0.25, 0.3) is 0 Å². The maximum absolute atomic E-state index is 12.4. The maximum atomic E-state index is 12.4. The van der Waals surface area contributed by atoms with Gasteiger partial charge < -0.3 is 19.9 Å². The Balaban J connectivity index is 1.39. The van der Waals surface area contributed by atoms with E-state index < -0.39 is 0 Å². The Labute approximate surface area is 161 Å². The zero-order chi connectivity index (χ0) is 19.2. The zero-order valence-corrected chi connectivity index (χ0v) is 16.3. The van der Waals surface area contributed by atoms with Gasteiger partial charge in [-0.15, -0.1) is 0 Å². The number of hydrogen-bond donors (Lipinski definition) is 1. The molecule has 148 valence electrons. The highest BCUT2D eigenvalue weighted by Crippen LogP contribution is 2.11. The number of nitrogens with one attached hydrogen (secondary N) is 1. The molecule has 0 aromatic heterocycles. The summed E-state index contributed by atoms with van der Waals surface area (Å²) in [6.07, 6.45) is -0.130. The van der Waals surface area contributed by atoms with Crippen LogP contribution in [0, 0.1) is 6.92 Å². The normalized spacial score (nSPS) is 21.2. The average Bonchev–Trinajstić information content (AvgIpc) is 2.67. The Morgan fingerprint density at radius 2 is 1.93 bits per heavy atom. The van der Waals surface area contributed by atoms with Crippen LogP contribution in [0.3, 0.4) is 0 Å². The molecule has 1 aromatic rings. The molecule has 0 radical (unpaired) electrons. The number of carbonyl (C=O) groups is 2. The van der Waals surface area contributed by atoms with Crippen LogP contribution >= 0.6 is 0 Å². The lowest BCUT2D eigenvalue weighted by molar-refractivity contribution is -0.136. The molecule has 0 saturated carbocycles. The molecule has 7 heteroatoms. The lowest BCUT2D eigenvalue weighted by Crippen LogP contribution is -2.54. The van der Waals surface area contributed by atoms with E-state index in [2.05, 4.69) is 41.4 Å². The Kier molecular flexibility index (Phi) is 6.68. The van der Waals surface area contributed by atoms with Crippen molar-refractivity contribution in [2.75, 3.05) is 52.4 Å². The molecule has 2 saturated heterocycles. The minimum atomic E-state index is -0.130. The van der Waals surface area contributed by atoms with E-state index in [0.717, 1.165) is 32.7 Å². The third kappa shape index (κ3) is 5.68. The van der Waals surface area contributed by atoms with E-state index in [1.165, 1.54) is 11.1 Å². The molecule has 0 bridgehead atoms. The van der Waals surface area contributed by atoms with Crippen LogP contribution < -0.4 is 5.32 Å². The molecule has 0 unspecified atom stereocenters. The topological polar surface area (TPSA) is 65.1 Å². The molecule has 1 atom stereocenters. The van der Waals surface area contributed by atoms with E-state index in [9.17, 15) is 9.59 Å². The molecule has 2 aliphatic heterocycles. The monoisotopic (exact) mass is 374 g/mol. The molecule has 2 aliphatic rings. The van der Waals surface area contributed by atoms with Crippen LogP contribution in [0.1, 0.15) is 18.1 Å². The molecule has 1 N–H and O–H groups in total. The number of piperazine rings is 1. The number of nitrogens with zero attached hydrogens (tertiary/aromatic N) is 3. The fourth-order valence-electron chi connectivity index (χ4n) is 3.62. The van der Waals surface area contributed by atoms with Gasteiger partial charge in [-0.05, 0) is 12.5 Å². The summed E-state index contributed by atoms with van der Waals surface area (Å²) in [6, 6.07) is 8.52. The number of ether oxygens (including phenoxy) is 1. The minimum Gasteiger partial charge on any atom is -0.373 e. The first kappa shape index (κ1) is 19.6. The first-order valence-corrected chi connectivity index (χ1v) is 9.69. The second-order valence-corrected chi connectivity index (χ2v) is 7.40. The van der Waals surface area contributed by atoms with Crippen molar-refractivity contribution in [2.45, 2.75) is 26.5 Å². The van der Waals surface area contributed by atoms with Gasteiger partial charge in [-0.1, -0.05) is 29.8 Å². The predicted octanol–water partition coefficient (Wildman–Crippen LogP) is 1.07. The average molecular weight is 374 g/mol. The molecular formula is C20H30N4O3. The van der Waals surface area contributed by atoms with Crippen LogP contribution in [0.15, 0.2) is 24.3 Å². The number of morpholine rings is 1. The minimum absolute atomic E-state index is 0.0474. The van der Waals surface area contributed by atoms with Crippen molar-refractivity contribution in [1.82, 2.24) is 20.0 Å². The molecule has 0 spiro atoms. The Hall–Kier alpha value is -2.12. The van der Waals surface area contributed by atoms with Gasteiger partial charge in [0.15, 0.2) is 0 Å². The number of urea groups is 1. The van der Waals surface area contributed by atoms with Crippen molar-refractivity contribution in [3.05, 3.63) is 35.4 Å². The summed E-state index contributed by atoms with van der Waals surface area (Å²) in [5, 5.41) is 2.96. The highest BCUT2D eigenvalue weighted by atomic mass is 16.5. The van der Waals surface area contributed by atoms with Crippen molar-refractivity contribution >= 4 is 11.9 Å². The van der Waals surface area contributed by atoms with Gasteiger partial charge in [0, 0.05) is 59.3 Å². The van der Waals surface area contributed by atoms with Gasteiger partial charge in [-0.3, -0.25) is 9.69 Å². The largest absolute Gasteiger partial charge is 0.373 e. The van der Waals surface area contributed by atoms with Gasteiger partial charge in [0.2, 0.25) is 5.91 Å². The summed E-state index contributed by atoms with van der Waals surface area (Å²) in [5.74, 6) is 0.0550. The number of benzene rings is 1. The number of hydrogen-bond acceptors (Lipinski definition) is 4. The molecule has 7 nitrogen and oxygen atoms in total. The summed E-state index contributed by atoms with van der Waals surface area (Å²) < 4.78 is 5.65. The van der Waals surface area contributed by atoms with Crippen LogP contribution in [0.2, 0.25) is 0 Å². The number of rotatable bonds is 4. The second kappa shape index (κ2) is 9.19. The Morgan fingerprint density at radius 1 is 1.15 bits per heavy atom. The lowest BCUT2D eigenvalue weighted by atomic mass is 10.1. The highest BCUT2D eigenvalue weighted by molar-refractivity contribution is 5.74. The third-order valence-electron chi connectivity index (χ3n) is 5.21. The van der Waals surface area contributed by atoms with Crippen molar-refractivity contribution in [1.29, 1.82) is 0 Å². The van der Waals surface area contributed by atoms with Gasteiger partial charge in [-0.2, -0.15) is 0 Å². The van der Waals surface area contributed by atoms with Crippen LogP contribution in [0.4, 0.5) is 4.79 Å². The molecule has 3 amide bonds. The quantitative estimate of drug-likeness (QED) is 0.856. The zero-order valence-electron chi connectivity index (χ0n) is 16.3. The molecule has 3 rings (SSSR count). The van der Waals surface area contributed by atoms with E-state index in [0.29, 0.717) is 26.2 Å². The van der Waals surface area contributed by atoms with E-state index in [-0.39, 0.29) is 18.0 Å². The first-order valence-electron chi connectivity index (χ1n) is 9.69. The van der Waals surface area contributed by atoms with E-state index in [1.54, 1.807) is 11.8 Å². The first-order chi connectivity index (χ1) is 13.0. The van der Waals surface area contributed by atoms with Crippen LogP contribution in [-0.2, 0) is 16.1 Å². The van der Waals surface area contributed by atoms with Gasteiger partial charge in [0.1, 0.15) is 0 Å². The maximum Gasteiger partial charge on any atom is 0.317 e. The smallest absolute Gasteiger partial charge is 0.317 e. The van der Waals surface area contributed by atoms with Crippen molar-refractivity contribution in [3.8, 4) is 0 Å². The van der Waals surface area contributed by atoms with Gasteiger partial charge in [0.05, 0.1) is 12.7 Å². The molecule has 1 aromatic carbocycles. The fraction of sp³-hybridized carbons (Fsp3) is 0.600. The van der Waals surface area contributed by atoms with Crippen molar-refractivity contribution in [2.24, 2.45) is 0 Å². The second-order valence-electron chi connectivity index (χ2n) is 7.40. The molecule has 2 fully saturated rings. The van der Waals surface area contributed by atoms with Crippen LogP contribution in [0.5, 0.6) is 0 Å². The summed E-state index contributed by atoms with van der Waals surface area (Å²) in [6.45, 7) is 9.93. The summed E-state index contributed by atoms with van der Waals surface area (Å²) in [4.78, 5) is 29.9. The summed E-state index contributed by atoms with van der Waals surface area (Å²) in [5.41, 5.74) is 2.59. The fourth-order valence-corrected chi connectivity index (χ4v) is 3.62. The number of carbonyl (C=O) groups excluding carboxylic acids is 2. The summed E-state index contributed by atoms with van der Waals surface area (Å²) in [7, 11) is 0. The van der Waals surface area contributed by atoms with E-state index in [4.69, 9.17) is 4.74 Å².